The molecule has 0 spiro atoms. The van der Waals surface area contributed by atoms with Gasteiger partial charge in [0.15, 0.2) is 23.0 Å². The summed E-state index contributed by atoms with van der Waals surface area (Å²) < 4.78 is 22.5. The molecule has 158 valence electrons. The van der Waals surface area contributed by atoms with Crippen molar-refractivity contribution in [1.82, 2.24) is 5.32 Å². The van der Waals surface area contributed by atoms with E-state index >= 15 is 0 Å². The van der Waals surface area contributed by atoms with Crippen LogP contribution in [-0.4, -0.2) is 43.1 Å². The second kappa shape index (κ2) is 8.67. The summed E-state index contributed by atoms with van der Waals surface area (Å²) in [6.07, 6.45) is 1.88. The third-order valence-corrected chi connectivity index (χ3v) is 7.66. The number of benzene rings is 2. The van der Waals surface area contributed by atoms with Crippen molar-refractivity contribution < 1.29 is 18.9 Å². The summed E-state index contributed by atoms with van der Waals surface area (Å²) >= 11 is 0. The topological polar surface area (TPSA) is 49.0 Å². The number of ether oxygens (including phenoxy) is 4. The standard InChI is InChI=1S/C23H33NO4Si/c1-25-19-9-8-16(23(22(19)28-4)29(5,6)7)12-18-17-14-21(27-3)20(26-2)13-15(17)10-11-24-18/h8-9,13-14,18,24H,10-12H2,1-7H3/t18-/m0/s1. The molecule has 2 aromatic carbocycles. The Morgan fingerprint density at radius 2 is 1.55 bits per heavy atom. The fourth-order valence-electron chi connectivity index (χ4n) is 4.33. The highest BCUT2D eigenvalue weighted by Crippen LogP contribution is 2.37. The average Bonchev–Trinajstić information content (AvgIpc) is 2.71. The zero-order valence-electron chi connectivity index (χ0n) is 18.6. The summed E-state index contributed by atoms with van der Waals surface area (Å²) in [5, 5.41) is 5.03. The van der Waals surface area contributed by atoms with E-state index in [-0.39, 0.29) is 6.04 Å². The van der Waals surface area contributed by atoms with Crippen LogP contribution in [0, 0.1) is 0 Å². The monoisotopic (exact) mass is 415 g/mol. The maximum absolute atomic E-state index is 5.81. The van der Waals surface area contributed by atoms with Crippen molar-refractivity contribution in [3.05, 3.63) is 41.0 Å². The van der Waals surface area contributed by atoms with Gasteiger partial charge in [-0.2, -0.15) is 0 Å². The van der Waals surface area contributed by atoms with Gasteiger partial charge >= 0.3 is 0 Å². The van der Waals surface area contributed by atoms with E-state index in [1.807, 2.05) is 6.07 Å². The van der Waals surface area contributed by atoms with Crippen LogP contribution in [0.2, 0.25) is 19.6 Å². The summed E-state index contributed by atoms with van der Waals surface area (Å²) in [5.74, 6) is 3.25. The predicted molar refractivity (Wildman–Crippen MR) is 120 cm³/mol. The number of hydrogen-bond donors (Lipinski definition) is 1. The van der Waals surface area contributed by atoms with Gasteiger partial charge in [-0.3, -0.25) is 0 Å². The maximum atomic E-state index is 5.81. The van der Waals surface area contributed by atoms with Gasteiger partial charge in [0.1, 0.15) is 0 Å². The average molecular weight is 416 g/mol. The van der Waals surface area contributed by atoms with E-state index in [0.717, 1.165) is 42.4 Å². The summed E-state index contributed by atoms with van der Waals surface area (Å²) in [4.78, 5) is 0. The molecule has 0 radical (unpaired) electrons. The second-order valence-corrected chi connectivity index (χ2v) is 13.5. The Kier molecular flexibility index (Phi) is 6.44. The molecule has 1 N–H and O–H groups in total. The molecule has 3 rings (SSSR count). The second-order valence-electron chi connectivity index (χ2n) is 8.45. The Balaban J connectivity index is 2.06. The highest BCUT2D eigenvalue weighted by atomic mass is 28.3. The van der Waals surface area contributed by atoms with Crippen LogP contribution in [0.25, 0.3) is 0 Å². The molecule has 2 aromatic rings. The van der Waals surface area contributed by atoms with Gasteiger partial charge < -0.3 is 24.3 Å². The first-order chi connectivity index (χ1) is 13.8. The minimum Gasteiger partial charge on any atom is -0.493 e. The van der Waals surface area contributed by atoms with Crippen LogP contribution in [0.3, 0.4) is 0 Å². The van der Waals surface area contributed by atoms with E-state index in [9.17, 15) is 0 Å². The summed E-state index contributed by atoms with van der Waals surface area (Å²) in [6, 6.07) is 8.68. The van der Waals surface area contributed by atoms with Crippen LogP contribution in [0.5, 0.6) is 23.0 Å². The fourth-order valence-corrected chi connectivity index (χ4v) is 6.39. The van der Waals surface area contributed by atoms with Crippen LogP contribution in [0.15, 0.2) is 24.3 Å². The molecule has 5 nitrogen and oxygen atoms in total. The predicted octanol–water partition coefficient (Wildman–Crippen LogP) is 3.70. The van der Waals surface area contributed by atoms with Crippen LogP contribution >= 0.6 is 0 Å². The largest absolute Gasteiger partial charge is 0.493 e. The van der Waals surface area contributed by atoms with Crippen LogP contribution in [0.4, 0.5) is 0 Å². The first kappa shape index (κ1) is 21.5. The van der Waals surface area contributed by atoms with Crippen molar-refractivity contribution >= 4 is 13.3 Å². The third kappa shape index (κ3) is 4.23. The van der Waals surface area contributed by atoms with Crippen LogP contribution in [-0.2, 0) is 12.8 Å². The van der Waals surface area contributed by atoms with Crippen molar-refractivity contribution in [2.45, 2.75) is 38.5 Å². The Hall–Kier alpha value is -2.18. The summed E-state index contributed by atoms with van der Waals surface area (Å²) in [7, 11) is 5.13. The van der Waals surface area contributed by atoms with Crippen molar-refractivity contribution in [3.63, 3.8) is 0 Å². The Labute approximate surface area is 175 Å². The molecule has 0 aromatic heterocycles. The van der Waals surface area contributed by atoms with E-state index in [4.69, 9.17) is 18.9 Å². The van der Waals surface area contributed by atoms with E-state index in [2.05, 4.69) is 43.2 Å². The summed E-state index contributed by atoms with van der Waals surface area (Å²) in [5.41, 5.74) is 3.92. The van der Waals surface area contributed by atoms with Crippen molar-refractivity contribution in [2.75, 3.05) is 35.0 Å². The molecule has 0 unspecified atom stereocenters. The molecule has 0 amide bonds. The van der Waals surface area contributed by atoms with Gasteiger partial charge in [0.25, 0.3) is 0 Å². The highest BCUT2D eigenvalue weighted by molar-refractivity contribution is 6.89. The van der Waals surface area contributed by atoms with E-state index < -0.39 is 8.07 Å². The first-order valence-corrected chi connectivity index (χ1v) is 13.6. The van der Waals surface area contributed by atoms with Gasteiger partial charge in [-0.05, 0) is 59.5 Å². The molecule has 0 saturated heterocycles. The molecule has 0 bridgehead atoms. The quantitative estimate of drug-likeness (QED) is 0.699. The van der Waals surface area contributed by atoms with Gasteiger partial charge in [-0.25, -0.2) is 0 Å². The Morgan fingerprint density at radius 3 is 2.14 bits per heavy atom. The van der Waals surface area contributed by atoms with E-state index in [1.165, 1.54) is 21.9 Å². The Bertz CT molecular complexity index is 876. The lowest BCUT2D eigenvalue weighted by atomic mass is 9.89. The number of rotatable bonds is 7. The molecule has 0 fully saturated rings. The van der Waals surface area contributed by atoms with Gasteiger partial charge in [-0.15, -0.1) is 0 Å². The van der Waals surface area contributed by atoms with Crippen LogP contribution < -0.4 is 29.5 Å². The lowest BCUT2D eigenvalue weighted by molar-refractivity contribution is 0.352. The number of hydrogen-bond acceptors (Lipinski definition) is 5. The van der Waals surface area contributed by atoms with Gasteiger partial charge in [0, 0.05) is 6.04 Å². The first-order valence-electron chi connectivity index (χ1n) is 10.1. The smallest absolute Gasteiger partial charge is 0.161 e. The molecule has 1 aliphatic heterocycles. The lowest BCUT2D eigenvalue weighted by Crippen LogP contribution is -2.42. The fraction of sp³-hybridized carbons (Fsp3) is 0.478. The zero-order chi connectivity index (χ0) is 21.2. The zero-order valence-corrected chi connectivity index (χ0v) is 19.6. The number of nitrogens with one attached hydrogen (secondary N) is 1. The molecule has 29 heavy (non-hydrogen) atoms. The lowest BCUT2D eigenvalue weighted by Gasteiger charge is -2.31. The van der Waals surface area contributed by atoms with Gasteiger partial charge in [-0.1, -0.05) is 25.7 Å². The van der Waals surface area contributed by atoms with Gasteiger partial charge in [0.2, 0.25) is 0 Å². The molecule has 6 heteroatoms. The van der Waals surface area contributed by atoms with E-state index in [0.29, 0.717) is 0 Å². The van der Waals surface area contributed by atoms with Crippen molar-refractivity contribution in [1.29, 1.82) is 0 Å². The van der Waals surface area contributed by atoms with Crippen molar-refractivity contribution in [3.8, 4) is 23.0 Å². The van der Waals surface area contributed by atoms with E-state index in [1.54, 1.807) is 28.4 Å². The molecule has 1 heterocycles. The third-order valence-electron chi connectivity index (χ3n) is 5.61. The highest BCUT2D eigenvalue weighted by Gasteiger charge is 2.30. The van der Waals surface area contributed by atoms with Crippen LogP contribution in [0.1, 0.15) is 22.7 Å². The Morgan fingerprint density at radius 1 is 0.897 bits per heavy atom. The molecule has 0 saturated carbocycles. The molecular weight excluding hydrogens is 382 g/mol. The minimum atomic E-state index is -1.68. The summed E-state index contributed by atoms with van der Waals surface area (Å²) in [6.45, 7) is 8.00. The maximum Gasteiger partial charge on any atom is 0.161 e. The molecule has 1 atom stereocenters. The molecule has 1 aliphatic rings. The normalized spacial score (nSPS) is 16.2. The van der Waals surface area contributed by atoms with Crippen molar-refractivity contribution in [2.24, 2.45) is 0 Å². The number of methoxy groups -OCH3 is 4. The van der Waals surface area contributed by atoms with Gasteiger partial charge in [0.05, 0.1) is 36.5 Å². The minimum absolute atomic E-state index is 0.215. The SMILES string of the molecule is COc1cc2c(cc1OC)[C@H](Cc1ccc(OC)c(OC)c1[Si](C)(C)C)NCC2. The molecule has 0 aliphatic carbocycles. The molecular formula is C23H33NO4Si. The number of fused-ring (bicyclic) bond motifs is 1.